The fourth-order valence-electron chi connectivity index (χ4n) is 2.46. The largest absolute Gasteiger partial charge is 0.391 e. The summed E-state index contributed by atoms with van der Waals surface area (Å²) in [5.41, 5.74) is 10.6. The minimum Gasteiger partial charge on any atom is -0.391 e. The Morgan fingerprint density at radius 2 is 2.05 bits per heavy atom. The Bertz CT molecular complexity index is 752. The summed E-state index contributed by atoms with van der Waals surface area (Å²) in [7, 11) is 0. The van der Waals surface area contributed by atoms with Gasteiger partial charge < -0.3 is 10.3 Å². The normalized spacial score (nSPS) is 11.3. The first-order chi connectivity index (χ1) is 9.10. The quantitative estimate of drug-likeness (QED) is 0.766. The molecule has 0 atom stereocenters. The molecular weight excluding hydrogens is 254 g/mol. The number of hydrogen-bond acceptors (Lipinski definition) is 3. The zero-order valence-electron chi connectivity index (χ0n) is 11.4. The summed E-state index contributed by atoms with van der Waals surface area (Å²) >= 11 is 1.61. The second kappa shape index (κ2) is 4.38. The maximum absolute atomic E-state index is 5.91. The molecule has 0 spiro atoms. The molecule has 2 N–H and O–H groups in total. The van der Waals surface area contributed by atoms with Gasteiger partial charge in [-0.25, -0.2) is 4.98 Å². The molecule has 0 amide bonds. The fourth-order valence-corrected chi connectivity index (χ4v) is 3.40. The molecule has 0 radical (unpaired) electrons. The molecule has 4 heteroatoms. The highest BCUT2D eigenvalue weighted by Crippen LogP contribution is 2.35. The van der Waals surface area contributed by atoms with Crippen LogP contribution in [0.5, 0.6) is 0 Å². The van der Waals surface area contributed by atoms with E-state index in [1.165, 1.54) is 21.5 Å². The van der Waals surface area contributed by atoms with Crippen LogP contribution in [-0.2, 0) is 6.54 Å². The number of aromatic nitrogens is 2. The molecule has 3 aromatic rings. The van der Waals surface area contributed by atoms with Gasteiger partial charge in [0.25, 0.3) is 0 Å². The topological polar surface area (TPSA) is 43.8 Å². The first-order valence-corrected chi connectivity index (χ1v) is 7.25. The zero-order chi connectivity index (χ0) is 13.6. The minimum absolute atomic E-state index is 0.846. The highest BCUT2D eigenvalue weighted by molar-refractivity contribution is 7.19. The van der Waals surface area contributed by atoms with Crippen molar-refractivity contribution in [3.63, 3.8) is 0 Å². The summed E-state index contributed by atoms with van der Waals surface area (Å²) in [4.78, 5) is 5.98. The van der Waals surface area contributed by atoms with E-state index < -0.39 is 0 Å². The van der Waals surface area contributed by atoms with E-state index in [2.05, 4.69) is 43.5 Å². The summed E-state index contributed by atoms with van der Waals surface area (Å²) in [6.45, 7) is 7.24. The van der Waals surface area contributed by atoms with E-state index >= 15 is 0 Å². The lowest BCUT2D eigenvalue weighted by Crippen LogP contribution is -1.96. The second-order valence-electron chi connectivity index (χ2n) is 4.83. The van der Waals surface area contributed by atoms with Crippen LogP contribution in [0.4, 0.5) is 5.00 Å². The van der Waals surface area contributed by atoms with Crippen molar-refractivity contribution < 1.29 is 0 Å². The van der Waals surface area contributed by atoms with Crippen LogP contribution in [0.15, 0.2) is 24.3 Å². The predicted octanol–water partition coefficient (Wildman–Crippen LogP) is 3.98. The van der Waals surface area contributed by atoms with Crippen molar-refractivity contribution in [2.24, 2.45) is 0 Å². The standard InChI is InChI=1S/C15H17N3S/c1-4-18-12-6-5-9(2)7-11(12)17-15(18)14-10(3)8-13(16)19-14/h5-8H,4,16H2,1-3H3. The third-order valence-corrected chi connectivity index (χ3v) is 4.42. The van der Waals surface area contributed by atoms with Crippen LogP contribution in [-0.4, -0.2) is 9.55 Å². The monoisotopic (exact) mass is 271 g/mol. The number of anilines is 1. The number of aryl methyl sites for hydroxylation is 3. The molecule has 0 saturated heterocycles. The number of hydrogen-bond donors (Lipinski definition) is 1. The van der Waals surface area contributed by atoms with Gasteiger partial charge in [-0.05, 0) is 50.1 Å². The van der Waals surface area contributed by atoms with Gasteiger partial charge >= 0.3 is 0 Å². The van der Waals surface area contributed by atoms with E-state index in [0.717, 1.165) is 22.9 Å². The number of nitrogens with zero attached hydrogens (tertiary/aromatic N) is 2. The SMILES string of the molecule is CCn1c(-c2sc(N)cc2C)nc2cc(C)ccc21. The third-order valence-electron chi connectivity index (χ3n) is 3.36. The van der Waals surface area contributed by atoms with Gasteiger partial charge in [-0.15, -0.1) is 11.3 Å². The number of rotatable bonds is 2. The molecule has 0 aliphatic heterocycles. The molecule has 2 aromatic heterocycles. The molecular formula is C15H17N3S. The van der Waals surface area contributed by atoms with E-state index in [1.807, 2.05) is 6.07 Å². The summed E-state index contributed by atoms with van der Waals surface area (Å²) in [6, 6.07) is 8.44. The van der Waals surface area contributed by atoms with Crippen LogP contribution in [0.3, 0.4) is 0 Å². The van der Waals surface area contributed by atoms with Crippen molar-refractivity contribution in [1.82, 2.24) is 9.55 Å². The lowest BCUT2D eigenvalue weighted by atomic mass is 10.2. The summed E-state index contributed by atoms with van der Waals surface area (Å²) in [5, 5.41) is 0.846. The van der Waals surface area contributed by atoms with Crippen molar-refractivity contribution in [2.75, 3.05) is 5.73 Å². The van der Waals surface area contributed by atoms with Crippen LogP contribution in [0.1, 0.15) is 18.1 Å². The lowest BCUT2D eigenvalue weighted by Gasteiger charge is -2.05. The number of imidazole rings is 1. The van der Waals surface area contributed by atoms with Gasteiger partial charge in [0.15, 0.2) is 5.82 Å². The average molecular weight is 271 g/mol. The number of thiophene rings is 1. The fraction of sp³-hybridized carbons (Fsp3) is 0.267. The van der Waals surface area contributed by atoms with E-state index in [9.17, 15) is 0 Å². The van der Waals surface area contributed by atoms with Crippen LogP contribution in [0, 0.1) is 13.8 Å². The van der Waals surface area contributed by atoms with Gasteiger partial charge in [0.2, 0.25) is 0 Å². The Balaban J connectivity index is 2.31. The van der Waals surface area contributed by atoms with Gasteiger partial charge in [0.1, 0.15) is 0 Å². The third kappa shape index (κ3) is 1.92. The Morgan fingerprint density at radius 3 is 2.68 bits per heavy atom. The summed E-state index contributed by atoms with van der Waals surface area (Å²) < 4.78 is 2.26. The highest BCUT2D eigenvalue weighted by atomic mass is 32.1. The Morgan fingerprint density at radius 1 is 1.26 bits per heavy atom. The maximum Gasteiger partial charge on any atom is 0.151 e. The first kappa shape index (κ1) is 12.2. The lowest BCUT2D eigenvalue weighted by molar-refractivity contribution is 0.797. The molecule has 0 fully saturated rings. The van der Waals surface area contributed by atoms with E-state index in [-0.39, 0.29) is 0 Å². The first-order valence-electron chi connectivity index (χ1n) is 6.43. The molecule has 0 saturated carbocycles. The highest BCUT2D eigenvalue weighted by Gasteiger charge is 2.15. The van der Waals surface area contributed by atoms with Crippen molar-refractivity contribution in [3.05, 3.63) is 35.4 Å². The van der Waals surface area contributed by atoms with Gasteiger partial charge in [0.05, 0.1) is 20.9 Å². The molecule has 0 aliphatic carbocycles. The predicted molar refractivity (Wildman–Crippen MR) is 82.6 cm³/mol. The Hall–Kier alpha value is -1.81. The molecule has 98 valence electrons. The molecule has 2 heterocycles. The van der Waals surface area contributed by atoms with Gasteiger partial charge in [-0.3, -0.25) is 0 Å². The van der Waals surface area contributed by atoms with Crippen molar-refractivity contribution in [3.8, 4) is 10.7 Å². The van der Waals surface area contributed by atoms with E-state index in [1.54, 1.807) is 11.3 Å². The van der Waals surface area contributed by atoms with Crippen LogP contribution >= 0.6 is 11.3 Å². The summed E-state index contributed by atoms with van der Waals surface area (Å²) in [5.74, 6) is 1.03. The van der Waals surface area contributed by atoms with Crippen LogP contribution in [0.2, 0.25) is 0 Å². The molecule has 3 nitrogen and oxygen atoms in total. The van der Waals surface area contributed by atoms with E-state index in [4.69, 9.17) is 10.7 Å². The van der Waals surface area contributed by atoms with Crippen LogP contribution < -0.4 is 5.73 Å². The molecule has 19 heavy (non-hydrogen) atoms. The molecule has 3 rings (SSSR count). The number of nitrogens with two attached hydrogens (primary N) is 1. The van der Waals surface area contributed by atoms with Crippen molar-refractivity contribution in [1.29, 1.82) is 0 Å². The Kier molecular flexibility index (Phi) is 2.82. The average Bonchev–Trinajstić information content (AvgIpc) is 2.88. The summed E-state index contributed by atoms with van der Waals surface area (Å²) in [6.07, 6.45) is 0. The number of fused-ring (bicyclic) bond motifs is 1. The van der Waals surface area contributed by atoms with Crippen molar-refractivity contribution >= 4 is 27.4 Å². The van der Waals surface area contributed by atoms with E-state index in [0.29, 0.717) is 0 Å². The zero-order valence-corrected chi connectivity index (χ0v) is 12.2. The van der Waals surface area contributed by atoms with Gasteiger partial charge in [-0.2, -0.15) is 0 Å². The smallest absolute Gasteiger partial charge is 0.151 e. The number of benzene rings is 1. The second-order valence-corrected chi connectivity index (χ2v) is 5.92. The maximum atomic E-state index is 5.91. The van der Waals surface area contributed by atoms with Gasteiger partial charge in [-0.1, -0.05) is 6.07 Å². The van der Waals surface area contributed by atoms with Gasteiger partial charge in [0, 0.05) is 6.54 Å². The van der Waals surface area contributed by atoms with Crippen LogP contribution in [0.25, 0.3) is 21.7 Å². The molecule has 0 bridgehead atoms. The van der Waals surface area contributed by atoms with Crippen molar-refractivity contribution in [2.45, 2.75) is 27.3 Å². The number of nitrogen functional groups attached to an aromatic ring is 1. The molecule has 0 unspecified atom stereocenters. The minimum atomic E-state index is 0.846. The Labute approximate surface area is 116 Å². The molecule has 0 aliphatic rings. The molecule has 1 aromatic carbocycles.